The summed E-state index contributed by atoms with van der Waals surface area (Å²) in [5.74, 6) is -1.68. The van der Waals surface area contributed by atoms with Crippen molar-refractivity contribution in [3.63, 3.8) is 0 Å². The molecule has 0 spiro atoms. The largest absolute Gasteiger partial charge is 0.480 e. The van der Waals surface area contributed by atoms with Crippen LogP contribution in [0.3, 0.4) is 0 Å². The minimum absolute atomic E-state index is 0.189. The van der Waals surface area contributed by atoms with E-state index in [0.717, 1.165) is 5.56 Å². The second-order valence-corrected chi connectivity index (χ2v) is 4.86. The second kappa shape index (κ2) is 6.89. The number of nitrogens with one attached hydrogen (secondary N) is 1. The van der Waals surface area contributed by atoms with Gasteiger partial charge in [0.25, 0.3) is 0 Å². The lowest BCUT2D eigenvalue weighted by atomic mass is 10.0. The summed E-state index contributed by atoms with van der Waals surface area (Å²) >= 11 is 0. The number of hydrogen-bond acceptors (Lipinski definition) is 3. The fraction of sp³-hybridized carbons (Fsp3) is 0.429. The molecule has 0 saturated heterocycles. The third kappa shape index (κ3) is 4.71. The average molecular weight is 264 g/mol. The Hall–Kier alpha value is -1.88. The number of amides is 1. The number of carboxylic acids is 1. The maximum Gasteiger partial charge on any atom is 0.326 e. The van der Waals surface area contributed by atoms with E-state index < -0.39 is 24.0 Å². The number of nitrogens with two attached hydrogens (primary N) is 1. The van der Waals surface area contributed by atoms with Crippen LogP contribution in [-0.4, -0.2) is 29.1 Å². The van der Waals surface area contributed by atoms with E-state index in [1.807, 2.05) is 30.3 Å². The van der Waals surface area contributed by atoms with Crippen LogP contribution in [0, 0.1) is 5.92 Å². The zero-order valence-corrected chi connectivity index (χ0v) is 11.2. The van der Waals surface area contributed by atoms with Gasteiger partial charge in [0.1, 0.15) is 6.04 Å². The maximum atomic E-state index is 11.9. The van der Waals surface area contributed by atoms with Crippen LogP contribution in [0.1, 0.15) is 19.4 Å². The number of aliphatic carboxylic acids is 1. The first-order valence-corrected chi connectivity index (χ1v) is 6.24. The molecule has 0 saturated carbocycles. The Morgan fingerprint density at radius 2 is 1.84 bits per heavy atom. The van der Waals surface area contributed by atoms with Gasteiger partial charge in [0.2, 0.25) is 5.91 Å². The summed E-state index contributed by atoms with van der Waals surface area (Å²) in [5.41, 5.74) is 6.74. The quantitative estimate of drug-likeness (QED) is 0.708. The summed E-state index contributed by atoms with van der Waals surface area (Å²) in [6, 6.07) is 7.72. The van der Waals surface area contributed by atoms with E-state index in [1.54, 1.807) is 13.8 Å². The average Bonchev–Trinajstić information content (AvgIpc) is 2.35. The molecule has 0 aliphatic carbocycles. The molecule has 1 aromatic rings. The first kappa shape index (κ1) is 15.2. The first-order chi connectivity index (χ1) is 8.91. The van der Waals surface area contributed by atoms with E-state index in [0.29, 0.717) is 6.42 Å². The van der Waals surface area contributed by atoms with E-state index in [9.17, 15) is 9.59 Å². The highest BCUT2D eigenvalue weighted by Gasteiger charge is 2.25. The standard InChI is InChI=1S/C14H20N2O3/c1-9(2)12(14(18)19)16-13(17)11(15)8-10-6-4-3-5-7-10/h3-7,9,11-12H,8,15H2,1-2H3,(H,16,17)(H,18,19)/t11-,12?/m1/s1. The van der Waals surface area contributed by atoms with Crippen molar-refractivity contribution in [1.82, 2.24) is 5.32 Å². The van der Waals surface area contributed by atoms with Crippen LogP contribution in [0.4, 0.5) is 0 Å². The lowest BCUT2D eigenvalue weighted by Crippen LogP contribution is -2.51. The van der Waals surface area contributed by atoms with E-state index in [4.69, 9.17) is 10.8 Å². The Balaban J connectivity index is 2.60. The topological polar surface area (TPSA) is 92.4 Å². The summed E-state index contributed by atoms with van der Waals surface area (Å²) in [7, 11) is 0. The number of rotatable bonds is 6. The number of hydrogen-bond donors (Lipinski definition) is 3. The minimum Gasteiger partial charge on any atom is -0.480 e. The fourth-order valence-electron chi connectivity index (χ4n) is 1.73. The predicted octanol–water partition coefficient (Wildman–Crippen LogP) is 0.782. The van der Waals surface area contributed by atoms with Crippen LogP contribution >= 0.6 is 0 Å². The van der Waals surface area contributed by atoms with Gasteiger partial charge in [0.05, 0.1) is 6.04 Å². The molecule has 1 amide bonds. The monoisotopic (exact) mass is 264 g/mol. The molecule has 5 nitrogen and oxygen atoms in total. The van der Waals surface area contributed by atoms with Gasteiger partial charge in [0, 0.05) is 0 Å². The van der Waals surface area contributed by atoms with E-state index >= 15 is 0 Å². The molecule has 0 aromatic heterocycles. The molecule has 4 N–H and O–H groups in total. The molecule has 1 unspecified atom stereocenters. The van der Waals surface area contributed by atoms with Crippen molar-refractivity contribution in [2.45, 2.75) is 32.4 Å². The summed E-state index contributed by atoms with van der Waals surface area (Å²) in [6.45, 7) is 3.48. The molecular formula is C14H20N2O3. The van der Waals surface area contributed by atoms with Gasteiger partial charge in [-0.1, -0.05) is 44.2 Å². The molecule has 2 atom stereocenters. The molecule has 1 rings (SSSR count). The van der Waals surface area contributed by atoms with Gasteiger partial charge < -0.3 is 16.2 Å². The van der Waals surface area contributed by atoms with Crippen LogP contribution in [0.2, 0.25) is 0 Å². The van der Waals surface area contributed by atoms with Gasteiger partial charge >= 0.3 is 5.97 Å². The highest BCUT2D eigenvalue weighted by Crippen LogP contribution is 2.05. The van der Waals surface area contributed by atoms with E-state index in [2.05, 4.69) is 5.32 Å². The van der Waals surface area contributed by atoms with Crippen molar-refractivity contribution in [1.29, 1.82) is 0 Å². The highest BCUT2D eigenvalue weighted by atomic mass is 16.4. The zero-order chi connectivity index (χ0) is 14.4. The number of carbonyl (C=O) groups excluding carboxylic acids is 1. The Labute approximate surface area is 112 Å². The summed E-state index contributed by atoms with van der Waals surface area (Å²) in [6.07, 6.45) is 0.386. The first-order valence-electron chi connectivity index (χ1n) is 6.24. The minimum atomic E-state index is -1.05. The number of carbonyl (C=O) groups is 2. The Kier molecular flexibility index (Phi) is 5.51. The summed E-state index contributed by atoms with van der Waals surface area (Å²) < 4.78 is 0. The smallest absolute Gasteiger partial charge is 0.326 e. The molecule has 0 fully saturated rings. The van der Waals surface area contributed by atoms with Crippen molar-refractivity contribution in [2.24, 2.45) is 11.7 Å². The predicted molar refractivity (Wildman–Crippen MR) is 72.5 cm³/mol. The van der Waals surface area contributed by atoms with E-state index in [1.165, 1.54) is 0 Å². The third-order valence-corrected chi connectivity index (χ3v) is 2.87. The molecule has 19 heavy (non-hydrogen) atoms. The number of carboxylic acid groups (broad SMARTS) is 1. The molecule has 0 radical (unpaired) electrons. The molecule has 1 aromatic carbocycles. The molecule has 0 heterocycles. The molecule has 0 aliphatic heterocycles. The van der Waals surface area contributed by atoms with Crippen LogP contribution in [-0.2, 0) is 16.0 Å². The van der Waals surface area contributed by atoms with Crippen molar-refractivity contribution in [2.75, 3.05) is 0 Å². The Morgan fingerprint density at radius 3 is 2.32 bits per heavy atom. The van der Waals surface area contributed by atoms with Crippen molar-refractivity contribution < 1.29 is 14.7 Å². The third-order valence-electron chi connectivity index (χ3n) is 2.87. The second-order valence-electron chi connectivity index (χ2n) is 4.86. The highest BCUT2D eigenvalue weighted by molar-refractivity contribution is 5.87. The molecular weight excluding hydrogens is 244 g/mol. The maximum absolute atomic E-state index is 11.9. The van der Waals surface area contributed by atoms with Crippen LogP contribution in [0.25, 0.3) is 0 Å². The zero-order valence-electron chi connectivity index (χ0n) is 11.2. The molecule has 0 bridgehead atoms. The van der Waals surface area contributed by atoms with Crippen molar-refractivity contribution >= 4 is 11.9 Å². The number of benzene rings is 1. The van der Waals surface area contributed by atoms with Gasteiger partial charge in [-0.05, 0) is 17.9 Å². The molecule has 5 heteroatoms. The Bertz CT molecular complexity index is 432. The lowest BCUT2D eigenvalue weighted by Gasteiger charge is -2.20. The molecule has 104 valence electrons. The van der Waals surface area contributed by atoms with E-state index in [-0.39, 0.29) is 5.92 Å². The lowest BCUT2D eigenvalue weighted by molar-refractivity contribution is -0.143. The summed E-state index contributed by atoms with van der Waals surface area (Å²) in [4.78, 5) is 22.9. The van der Waals surface area contributed by atoms with Gasteiger partial charge in [-0.3, -0.25) is 4.79 Å². The van der Waals surface area contributed by atoms with Crippen molar-refractivity contribution in [3.05, 3.63) is 35.9 Å². The Morgan fingerprint density at radius 1 is 1.26 bits per heavy atom. The van der Waals surface area contributed by atoms with Crippen LogP contribution < -0.4 is 11.1 Å². The van der Waals surface area contributed by atoms with Crippen LogP contribution in [0.15, 0.2) is 30.3 Å². The molecule has 0 aliphatic rings. The normalized spacial score (nSPS) is 13.9. The fourth-order valence-corrected chi connectivity index (χ4v) is 1.73. The van der Waals surface area contributed by atoms with Gasteiger partial charge in [-0.25, -0.2) is 4.79 Å². The van der Waals surface area contributed by atoms with Crippen LogP contribution in [0.5, 0.6) is 0 Å². The van der Waals surface area contributed by atoms with Crippen molar-refractivity contribution in [3.8, 4) is 0 Å². The van der Waals surface area contributed by atoms with Gasteiger partial charge in [0.15, 0.2) is 0 Å². The van der Waals surface area contributed by atoms with Gasteiger partial charge in [-0.15, -0.1) is 0 Å². The summed E-state index contributed by atoms with van der Waals surface area (Å²) in [5, 5.41) is 11.5. The van der Waals surface area contributed by atoms with Gasteiger partial charge in [-0.2, -0.15) is 0 Å². The SMILES string of the molecule is CC(C)C(NC(=O)[C@H](N)Cc1ccccc1)C(=O)O.